The fraction of sp³-hybridized carbons (Fsp3) is 0.444. The second-order valence-corrected chi connectivity index (χ2v) is 6.28. The fourth-order valence-corrected chi connectivity index (χ4v) is 4.40. The van der Waals surface area contributed by atoms with Gasteiger partial charge in [-0.3, -0.25) is 9.59 Å². The highest BCUT2D eigenvalue weighted by molar-refractivity contribution is 6.14. The third-order valence-electron chi connectivity index (χ3n) is 5.26. The van der Waals surface area contributed by atoms with E-state index in [1.54, 1.807) is 0 Å². The molecule has 2 aromatic rings. The van der Waals surface area contributed by atoms with E-state index in [1.807, 2.05) is 31.2 Å². The molecule has 2 aliphatic rings. The van der Waals surface area contributed by atoms with Gasteiger partial charge in [0.15, 0.2) is 5.78 Å². The predicted molar refractivity (Wildman–Crippen MR) is 82.9 cm³/mol. The lowest BCUT2D eigenvalue weighted by atomic mass is 9.65. The Bertz CT molecular complexity index is 776. The highest BCUT2D eigenvalue weighted by atomic mass is 16.5. The van der Waals surface area contributed by atoms with Gasteiger partial charge in [0.2, 0.25) is 0 Å². The Hall–Kier alpha value is -2.10. The minimum absolute atomic E-state index is 0.0824. The molecule has 1 N–H and O–H groups in total. The first-order chi connectivity index (χ1) is 10.7. The van der Waals surface area contributed by atoms with Crippen LogP contribution < -0.4 is 0 Å². The van der Waals surface area contributed by atoms with Crippen molar-refractivity contribution in [2.45, 2.75) is 38.0 Å². The van der Waals surface area contributed by atoms with Gasteiger partial charge in [0, 0.05) is 22.4 Å². The van der Waals surface area contributed by atoms with Crippen LogP contribution in [0.5, 0.6) is 0 Å². The van der Waals surface area contributed by atoms with Crippen molar-refractivity contribution in [2.24, 2.45) is 5.92 Å². The molecule has 0 saturated heterocycles. The Balaban J connectivity index is 2.01. The van der Waals surface area contributed by atoms with E-state index in [1.165, 1.54) is 0 Å². The maximum atomic E-state index is 12.9. The highest BCUT2D eigenvalue weighted by Gasteiger charge is 2.60. The third kappa shape index (κ3) is 1.52. The second kappa shape index (κ2) is 4.70. The van der Waals surface area contributed by atoms with E-state index in [9.17, 15) is 9.59 Å². The van der Waals surface area contributed by atoms with Crippen LogP contribution in [0.15, 0.2) is 24.3 Å². The number of rotatable bonds is 2. The first-order valence-corrected chi connectivity index (χ1v) is 8.02. The average Bonchev–Trinajstić information content (AvgIpc) is 3.04. The molecule has 22 heavy (non-hydrogen) atoms. The molecule has 1 fully saturated rings. The zero-order chi connectivity index (χ0) is 15.3. The van der Waals surface area contributed by atoms with E-state index in [0.29, 0.717) is 18.7 Å². The van der Waals surface area contributed by atoms with Crippen molar-refractivity contribution in [3.8, 4) is 0 Å². The first-order valence-electron chi connectivity index (χ1n) is 8.02. The normalized spacial score (nSPS) is 26.8. The van der Waals surface area contributed by atoms with Gasteiger partial charge in [-0.2, -0.15) is 0 Å². The number of aromatic amines is 1. The molecule has 1 aromatic heterocycles. The molecule has 114 valence electrons. The Morgan fingerprint density at radius 1 is 1.36 bits per heavy atom. The number of hydrogen-bond acceptors (Lipinski definition) is 3. The molecule has 1 heterocycles. The van der Waals surface area contributed by atoms with E-state index >= 15 is 0 Å². The zero-order valence-electron chi connectivity index (χ0n) is 12.6. The molecule has 1 saturated carbocycles. The molecule has 2 atom stereocenters. The monoisotopic (exact) mass is 297 g/mol. The van der Waals surface area contributed by atoms with E-state index in [2.05, 4.69) is 4.98 Å². The van der Waals surface area contributed by atoms with Gasteiger partial charge in [0.05, 0.1) is 12.3 Å². The van der Waals surface area contributed by atoms with Gasteiger partial charge in [-0.1, -0.05) is 31.0 Å². The van der Waals surface area contributed by atoms with Gasteiger partial charge in [-0.25, -0.2) is 0 Å². The molecule has 1 aromatic carbocycles. The molecule has 0 unspecified atom stereocenters. The number of nitrogens with one attached hydrogen (secondary N) is 1. The number of hydrogen-bond donors (Lipinski definition) is 1. The number of fused-ring (bicyclic) bond motifs is 5. The summed E-state index contributed by atoms with van der Waals surface area (Å²) in [5, 5.41) is 0.989. The van der Waals surface area contributed by atoms with Crippen molar-refractivity contribution in [3.05, 3.63) is 35.5 Å². The molecule has 0 amide bonds. The summed E-state index contributed by atoms with van der Waals surface area (Å²) in [6.45, 7) is 2.17. The summed E-state index contributed by atoms with van der Waals surface area (Å²) in [5.74, 6) is -0.401. The number of benzene rings is 1. The first kappa shape index (κ1) is 13.6. The minimum atomic E-state index is -0.777. The smallest absolute Gasteiger partial charge is 0.317 e. The maximum absolute atomic E-state index is 12.9. The summed E-state index contributed by atoms with van der Waals surface area (Å²) in [6.07, 6.45) is 3.44. The van der Waals surface area contributed by atoms with E-state index in [4.69, 9.17) is 4.74 Å². The lowest BCUT2D eigenvalue weighted by Gasteiger charge is -2.36. The predicted octanol–water partition coefficient (Wildman–Crippen LogP) is 3.36. The van der Waals surface area contributed by atoms with Crippen molar-refractivity contribution in [3.63, 3.8) is 0 Å². The SMILES string of the molecule is CCOC(=O)[C@@]12CCCC[C@@H]1C(=O)c1[nH]c3ccccc3c12. The lowest BCUT2D eigenvalue weighted by Crippen LogP contribution is -2.45. The molecular formula is C18H19NO3. The summed E-state index contributed by atoms with van der Waals surface area (Å²) in [6, 6.07) is 7.84. The van der Waals surface area contributed by atoms with Crippen molar-refractivity contribution in [2.75, 3.05) is 6.61 Å². The molecule has 4 nitrogen and oxygen atoms in total. The molecule has 2 aliphatic carbocycles. The summed E-state index contributed by atoms with van der Waals surface area (Å²) in [4.78, 5) is 29.0. The number of para-hydroxylation sites is 1. The number of Topliss-reactive ketones (excluding diaryl/α,β-unsaturated/α-hetero) is 1. The lowest BCUT2D eigenvalue weighted by molar-refractivity contribution is -0.153. The number of carbonyl (C=O) groups excluding carboxylic acids is 2. The van der Waals surface area contributed by atoms with Crippen molar-refractivity contribution in [1.82, 2.24) is 4.98 Å². The van der Waals surface area contributed by atoms with Crippen molar-refractivity contribution >= 4 is 22.7 Å². The molecule has 4 heteroatoms. The van der Waals surface area contributed by atoms with Gasteiger partial charge in [0.25, 0.3) is 0 Å². The van der Waals surface area contributed by atoms with Crippen LogP contribution in [0.2, 0.25) is 0 Å². The summed E-state index contributed by atoms with van der Waals surface area (Å²) >= 11 is 0. The van der Waals surface area contributed by atoms with Crippen LogP contribution in [-0.4, -0.2) is 23.3 Å². The van der Waals surface area contributed by atoms with Crippen LogP contribution in [0.25, 0.3) is 10.9 Å². The largest absolute Gasteiger partial charge is 0.465 e. The number of ketones is 1. The molecule has 4 rings (SSSR count). The average molecular weight is 297 g/mol. The standard InChI is InChI=1S/C18H19NO3/c1-2-22-17(21)18-10-6-5-8-12(18)16(20)15-14(18)11-7-3-4-9-13(11)19-15/h3-4,7,9,12,19H,2,5-6,8,10H2,1H3/t12-,18+/m1/s1. The molecule has 0 radical (unpaired) electrons. The molecular weight excluding hydrogens is 278 g/mol. The van der Waals surface area contributed by atoms with Crippen LogP contribution in [0.4, 0.5) is 0 Å². The van der Waals surface area contributed by atoms with Crippen LogP contribution in [-0.2, 0) is 14.9 Å². The van der Waals surface area contributed by atoms with Crippen LogP contribution in [0.1, 0.15) is 48.7 Å². The Kier molecular flexibility index (Phi) is 2.90. The van der Waals surface area contributed by atoms with E-state index in [0.717, 1.165) is 35.7 Å². The number of esters is 1. The molecule has 0 bridgehead atoms. The highest BCUT2D eigenvalue weighted by Crippen LogP contribution is 2.54. The Labute approximate surface area is 128 Å². The maximum Gasteiger partial charge on any atom is 0.317 e. The topological polar surface area (TPSA) is 59.2 Å². The Morgan fingerprint density at radius 2 is 2.18 bits per heavy atom. The quantitative estimate of drug-likeness (QED) is 0.865. The number of H-pyrrole nitrogens is 1. The van der Waals surface area contributed by atoms with E-state index in [-0.39, 0.29) is 17.7 Å². The van der Waals surface area contributed by atoms with Crippen LogP contribution in [0, 0.1) is 5.92 Å². The molecule has 0 aliphatic heterocycles. The van der Waals surface area contributed by atoms with Crippen LogP contribution in [0.3, 0.4) is 0 Å². The van der Waals surface area contributed by atoms with E-state index < -0.39 is 5.41 Å². The fourth-order valence-electron chi connectivity index (χ4n) is 4.40. The van der Waals surface area contributed by atoms with Crippen molar-refractivity contribution < 1.29 is 14.3 Å². The van der Waals surface area contributed by atoms with Gasteiger partial charge >= 0.3 is 5.97 Å². The van der Waals surface area contributed by atoms with Gasteiger partial charge in [-0.05, 0) is 25.8 Å². The van der Waals surface area contributed by atoms with Crippen molar-refractivity contribution in [1.29, 1.82) is 0 Å². The Morgan fingerprint density at radius 3 is 3.00 bits per heavy atom. The summed E-state index contributed by atoms with van der Waals surface area (Å²) in [7, 11) is 0. The molecule has 0 spiro atoms. The van der Waals surface area contributed by atoms with Gasteiger partial charge < -0.3 is 9.72 Å². The second-order valence-electron chi connectivity index (χ2n) is 6.28. The van der Waals surface area contributed by atoms with Gasteiger partial charge in [-0.15, -0.1) is 0 Å². The zero-order valence-corrected chi connectivity index (χ0v) is 12.6. The summed E-state index contributed by atoms with van der Waals surface area (Å²) < 4.78 is 5.40. The van der Waals surface area contributed by atoms with Crippen LogP contribution >= 0.6 is 0 Å². The number of carbonyl (C=O) groups is 2. The van der Waals surface area contributed by atoms with Gasteiger partial charge in [0.1, 0.15) is 5.41 Å². The summed E-state index contributed by atoms with van der Waals surface area (Å²) in [5.41, 5.74) is 1.66. The number of ether oxygens (including phenoxy) is 1. The third-order valence-corrected chi connectivity index (χ3v) is 5.26. The number of aromatic nitrogens is 1. The minimum Gasteiger partial charge on any atom is -0.465 e.